The first-order valence-electron chi connectivity index (χ1n) is 11.5. The Hall–Kier alpha value is -2.21. The highest BCUT2D eigenvalue weighted by atomic mass is 16.5. The van der Waals surface area contributed by atoms with Crippen LogP contribution in [0.4, 0.5) is 0 Å². The van der Waals surface area contributed by atoms with E-state index in [1.54, 1.807) is 20.9 Å². The van der Waals surface area contributed by atoms with Crippen molar-refractivity contribution < 1.29 is 33.4 Å². The summed E-state index contributed by atoms with van der Waals surface area (Å²) in [6, 6.07) is -0.476. The molecule has 200 valence electrons. The van der Waals surface area contributed by atoms with E-state index in [9.17, 15) is 19.2 Å². The summed E-state index contributed by atoms with van der Waals surface area (Å²) < 4.78 is 15.2. The van der Waals surface area contributed by atoms with Crippen molar-refractivity contribution in [2.24, 2.45) is 11.7 Å². The van der Waals surface area contributed by atoms with Crippen LogP contribution >= 0.6 is 0 Å². The Morgan fingerprint density at radius 3 is 1.97 bits per heavy atom. The number of rotatable bonds is 17. The molecule has 0 aliphatic carbocycles. The van der Waals surface area contributed by atoms with Gasteiger partial charge in [-0.25, -0.2) is 0 Å². The van der Waals surface area contributed by atoms with Gasteiger partial charge in [0.1, 0.15) is 12.3 Å². The quantitative estimate of drug-likeness (QED) is 0.0999. The lowest BCUT2D eigenvalue weighted by atomic mass is 10.1. The van der Waals surface area contributed by atoms with Gasteiger partial charge in [-0.1, -0.05) is 20.8 Å². The number of nitrogens with one attached hydrogen (secondary N) is 3. The molecule has 0 aliphatic rings. The SMILES string of the molecule is CC(C)C.CN[C@@H](CCC(=O)C=N)C(=O)OC(C)C.NCCOCCOCCC(=O)NCC=O. The number of esters is 1. The van der Waals surface area contributed by atoms with Gasteiger partial charge < -0.3 is 40.8 Å². The number of likely N-dealkylation sites (N-methyl/N-ethyl adjacent to an activating group) is 1. The number of hydrogen-bond acceptors (Lipinski definition) is 10. The van der Waals surface area contributed by atoms with E-state index >= 15 is 0 Å². The number of amides is 1. The van der Waals surface area contributed by atoms with Crippen molar-refractivity contribution in [1.29, 1.82) is 5.41 Å². The molecular weight excluding hydrogens is 444 g/mol. The van der Waals surface area contributed by atoms with Crippen molar-refractivity contribution in [1.82, 2.24) is 10.6 Å². The Morgan fingerprint density at radius 1 is 0.971 bits per heavy atom. The number of ether oxygens (including phenoxy) is 3. The third-order valence-electron chi connectivity index (χ3n) is 3.32. The Morgan fingerprint density at radius 2 is 1.53 bits per heavy atom. The van der Waals surface area contributed by atoms with Crippen molar-refractivity contribution in [2.75, 3.05) is 46.6 Å². The van der Waals surface area contributed by atoms with Gasteiger partial charge >= 0.3 is 5.97 Å². The molecular formula is C23H46N4O7. The Kier molecular flexibility index (Phi) is 28.9. The lowest BCUT2D eigenvalue weighted by Crippen LogP contribution is -2.37. The molecule has 34 heavy (non-hydrogen) atoms. The predicted octanol–water partition coefficient (Wildman–Crippen LogP) is 0.871. The van der Waals surface area contributed by atoms with Crippen LogP contribution in [-0.4, -0.2) is 88.9 Å². The average molecular weight is 491 g/mol. The molecule has 0 aromatic rings. The molecule has 11 heteroatoms. The Balaban J connectivity index is -0.000000488. The van der Waals surface area contributed by atoms with Crippen LogP contribution in [-0.2, 0) is 33.4 Å². The molecule has 0 heterocycles. The van der Waals surface area contributed by atoms with E-state index < -0.39 is 6.04 Å². The van der Waals surface area contributed by atoms with Gasteiger partial charge in [-0.05, 0) is 33.2 Å². The lowest BCUT2D eigenvalue weighted by Gasteiger charge is -2.16. The van der Waals surface area contributed by atoms with Gasteiger partial charge in [-0.2, -0.15) is 0 Å². The van der Waals surface area contributed by atoms with E-state index in [0.717, 1.165) is 12.1 Å². The number of carbonyl (C=O) groups is 4. The van der Waals surface area contributed by atoms with Crippen LogP contribution in [0.25, 0.3) is 0 Å². The van der Waals surface area contributed by atoms with Crippen molar-refractivity contribution in [2.45, 2.75) is 66.0 Å². The second-order valence-corrected chi connectivity index (χ2v) is 7.94. The highest BCUT2D eigenvalue weighted by Crippen LogP contribution is 2.02. The fourth-order valence-electron chi connectivity index (χ4n) is 1.87. The second-order valence-electron chi connectivity index (χ2n) is 7.94. The van der Waals surface area contributed by atoms with Gasteiger partial charge in [0, 0.05) is 19.4 Å². The highest BCUT2D eigenvalue weighted by Gasteiger charge is 2.19. The molecule has 0 radical (unpaired) electrons. The molecule has 0 saturated carbocycles. The predicted molar refractivity (Wildman–Crippen MR) is 132 cm³/mol. The molecule has 0 aromatic carbocycles. The van der Waals surface area contributed by atoms with Crippen molar-refractivity contribution in [3.63, 3.8) is 0 Å². The monoisotopic (exact) mass is 490 g/mol. The standard InChI is InChI=1S/C10H18N2O3.C9H18N2O4.C4H10/c1-7(2)15-10(14)9(12-3)5-4-8(13)6-11;10-2-6-15-8-7-14-5-1-9(13)11-3-4-12;1-4(2)3/h6-7,9,11-12H,4-5H2,1-3H3;4H,1-3,5-8,10H2,(H,11,13);4H,1-3H3/t9-;;/m0../s1. The van der Waals surface area contributed by atoms with Crippen LogP contribution in [0.5, 0.6) is 0 Å². The van der Waals surface area contributed by atoms with E-state index in [2.05, 4.69) is 31.4 Å². The zero-order valence-corrected chi connectivity index (χ0v) is 21.7. The third kappa shape index (κ3) is 32.0. The Labute approximate surface area is 204 Å². The van der Waals surface area contributed by atoms with Crippen molar-refractivity contribution in [3.8, 4) is 0 Å². The van der Waals surface area contributed by atoms with Crippen LogP contribution in [0, 0.1) is 11.3 Å². The topological polar surface area (TPSA) is 170 Å². The molecule has 0 aromatic heterocycles. The largest absolute Gasteiger partial charge is 0.462 e. The van der Waals surface area contributed by atoms with E-state index in [1.165, 1.54) is 0 Å². The number of Topliss-reactive ketones (excluding diaryl/α,β-unsaturated/α-hetero) is 1. The molecule has 1 atom stereocenters. The maximum atomic E-state index is 11.4. The smallest absolute Gasteiger partial charge is 0.323 e. The summed E-state index contributed by atoms with van der Waals surface area (Å²) in [7, 11) is 1.64. The molecule has 0 saturated heterocycles. The van der Waals surface area contributed by atoms with Gasteiger partial charge in [0.25, 0.3) is 0 Å². The summed E-state index contributed by atoms with van der Waals surface area (Å²) in [6.07, 6.45) is 2.04. The first kappa shape index (κ1) is 36.4. The maximum Gasteiger partial charge on any atom is 0.323 e. The summed E-state index contributed by atoms with van der Waals surface area (Å²) in [4.78, 5) is 43.1. The molecule has 11 nitrogen and oxygen atoms in total. The number of nitrogens with two attached hydrogens (primary N) is 1. The normalized spacial score (nSPS) is 10.9. The van der Waals surface area contributed by atoms with Gasteiger partial charge in [-0.15, -0.1) is 0 Å². The molecule has 0 aliphatic heterocycles. The minimum atomic E-state index is -0.476. The van der Waals surface area contributed by atoms with Crippen LogP contribution in [0.15, 0.2) is 0 Å². The van der Waals surface area contributed by atoms with Gasteiger partial charge in [0.2, 0.25) is 5.91 Å². The first-order valence-corrected chi connectivity index (χ1v) is 11.5. The average Bonchev–Trinajstić information content (AvgIpc) is 2.76. The Bertz CT molecular complexity index is 541. The zero-order valence-electron chi connectivity index (χ0n) is 21.7. The number of carbonyl (C=O) groups excluding carboxylic acids is 4. The fraction of sp³-hybridized carbons (Fsp3) is 0.783. The minimum absolute atomic E-state index is 0.0540. The van der Waals surface area contributed by atoms with Gasteiger partial charge in [0.05, 0.1) is 45.3 Å². The first-order chi connectivity index (χ1) is 16.0. The van der Waals surface area contributed by atoms with Crippen molar-refractivity contribution >= 4 is 30.2 Å². The fourth-order valence-corrected chi connectivity index (χ4v) is 1.87. The van der Waals surface area contributed by atoms with E-state index in [-0.39, 0.29) is 43.2 Å². The highest BCUT2D eigenvalue weighted by molar-refractivity contribution is 6.26. The summed E-state index contributed by atoms with van der Waals surface area (Å²) in [6.45, 7) is 12.4. The summed E-state index contributed by atoms with van der Waals surface area (Å²) >= 11 is 0. The molecule has 0 unspecified atom stereocenters. The van der Waals surface area contributed by atoms with Crippen LogP contribution < -0.4 is 16.4 Å². The minimum Gasteiger partial charge on any atom is -0.462 e. The van der Waals surface area contributed by atoms with Crippen LogP contribution in [0.2, 0.25) is 0 Å². The second kappa shape index (κ2) is 27.0. The van der Waals surface area contributed by atoms with Crippen LogP contribution in [0.3, 0.4) is 0 Å². The lowest BCUT2D eigenvalue weighted by molar-refractivity contribution is -0.150. The summed E-state index contributed by atoms with van der Waals surface area (Å²) in [5.41, 5.74) is 5.21. The number of aldehydes is 1. The molecule has 0 fully saturated rings. The molecule has 0 rings (SSSR count). The van der Waals surface area contributed by atoms with Crippen molar-refractivity contribution in [3.05, 3.63) is 0 Å². The van der Waals surface area contributed by atoms with E-state index in [1.807, 2.05) is 0 Å². The van der Waals surface area contributed by atoms with E-state index in [0.29, 0.717) is 45.7 Å². The summed E-state index contributed by atoms with van der Waals surface area (Å²) in [5, 5.41) is 11.9. The van der Waals surface area contributed by atoms with Gasteiger partial charge in [0.15, 0.2) is 5.78 Å². The molecule has 0 spiro atoms. The molecule has 5 N–H and O–H groups in total. The number of hydrogen-bond donors (Lipinski definition) is 4. The van der Waals surface area contributed by atoms with E-state index in [4.69, 9.17) is 25.4 Å². The molecule has 1 amide bonds. The number of ketones is 1. The third-order valence-corrected chi connectivity index (χ3v) is 3.32. The van der Waals surface area contributed by atoms with Gasteiger partial charge in [-0.3, -0.25) is 14.4 Å². The van der Waals surface area contributed by atoms with Crippen LogP contribution in [0.1, 0.15) is 53.9 Å². The molecule has 0 bridgehead atoms. The maximum absolute atomic E-state index is 11.4. The zero-order chi connectivity index (χ0) is 26.8. The summed E-state index contributed by atoms with van der Waals surface area (Å²) in [5.74, 6) is 0.00264.